The number of benzene rings is 2. The average Bonchev–Trinajstić information content (AvgIpc) is 2.55. The van der Waals surface area contributed by atoms with E-state index in [2.05, 4.69) is 5.32 Å². The first-order valence-corrected chi connectivity index (χ1v) is 8.74. The molecule has 0 radical (unpaired) electrons. The maximum atomic E-state index is 11.8. The van der Waals surface area contributed by atoms with Gasteiger partial charge in [0.25, 0.3) is 10.1 Å². The Morgan fingerprint density at radius 1 is 1.28 bits per heavy atom. The molecule has 2 rings (SSSR count). The van der Waals surface area contributed by atoms with Gasteiger partial charge in [0.15, 0.2) is 5.75 Å². The predicted octanol–water partition coefficient (Wildman–Crippen LogP) is 2.54. The molecule has 0 saturated heterocycles. The van der Waals surface area contributed by atoms with Gasteiger partial charge in [0, 0.05) is 5.02 Å². The Morgan fingerprint density at radius 2 is 1.92 bits per heavy atom. The Morgan fingerprint density at radius 3 is 2.52 bits per heavy atom. The van der Waals surface area contributed by atoms with Crippen molar-refractivity contribution in [1.82, 2.24) is 0 Å². The van der Waals surface area contributed by atoms with Gasteiger partial charge in [0.2, 0.25) is 0 Å². The van der Waals surface area contributed by atoms with Crippen molar-refractivity contribution in [3.63, 3.8) is 0 Å². The Balaban J connectivity index is 2.07. The molecule has 0 fully saturated rings. The quantitative estimate of drug-likeness (QED) is 0.457. The zero-order chi connectivity index (χ0) is 18.6. The molecule has 2 aromatic carbocycles. The van der Waals surface area contributed by atoms with Gasteiger partial charge in [0.05, 0.1) is 11.7 Å². The summed E-state index contributed by atoms with van der Waals surface area (Å²) < 4.78 is 36.4. The van der Waals surface area contributed by atoms with Crippen molar-refractivity contribution in [2.24, 2.45) is 5.73 Å². The molecule has 2 aromatic rings. The van der Waals surface area contributed by atoms with Gasteiger partial charge in [-0.3, -0.25) is 9.87 Å². The Hall–Kier alpha value is -2.33. The number of carbonyl (C=O) groups is 1. The summed E-state index contributed by atoms with van der Waals surface area (Å²) in [6.45, 7) is -0.150. The number of hydrogen-bond donors (Lipinski definition) is 4. The van der Waals surface area contributed by atoms with E-state index in [0.717, 1.165) is 17.7 Å². The molecule has 1 amide bonds. The Labute approximate surface area is 148 Å². The van der Waals surface area contributed by atoms with E-state index in [4.69, 9.17) is 26.6 Å². The number of rotatable bonds is 5. The van der Waals surface area contributed by atoms with Gasteiger partial charge in [-0.15, -0.1) is 0 Å². The van der Waals surface area contributed by atoms with Crippen LogP contribution in [0.15, 0.2) is 47.4 Å². The van der Waals surface area contributed by atoms with Crippen molar-refractivity contribution in [3.05, 3.63) is 53.1 Å². The van der Waals surface area contributed by atoms with Crippen LogP contribution < -0.4 is 11.1 Å². The fraction of sp³-hybridized carbons (Fsp3) is 0.133. The van der Waals surface area contributed by atoms with Gasteiger partial charge in [-0.05, 0) is 17.7 Å². The zero-order valence-corrected chi connectivity index (χ0v) is 14.3. The summed E-state index contributed by atoms with van der Waals surface area (Å²) in [5, 5.41) is 11.9. The lowest BCUT2D eigenvalue weighted by Crippen LogP contribution is -2.22. The standard InChI is InChI=1S/C15H15ClN2O6S/c16-10-6-12(14(19)13(7-10)25(21,22)23)18-15(20)24-8-11(17)9-4-2-1-3-5-9/h1-7,11,19H,8,17H2,(H,18,20)(H,21,22,23)/t11-/m0/s1. The monoisotopic (exact) mass is 386 g/mol. The van der Waals surface area contributed by atoms with E-state index < -0.39 is 32.9 Å². The number of nitrogens with two attached hydrogens (primary N) is 1. The van der Waals surface area contributed by atoms with Gasteiger partial charge in [-0.1, -0.05) is 41.9 Å². The third kappa shape index (κ3) is 5.07. The molecule has 0 spiro atoms. The highest BCUT2D eigenvalue weighted by Gasteiger charge is 2.21. The first-order valence-electron chi connectivity index (χ1n) is 6.93. The minimum Gasteiger partial charge on any atom is -0.504 e. The minimum atomic E-state index is -4.72. The van der Waals surface area contributed by atoms with Crippen LogP contribution in [0.3, 0.4) is 0 Å². The molecule has 0 saturated carbocycles. The maximum Gasteiger partial charge on any atom is 0.411 e. The number of phenols is 1. The summed E-state index contributed by atoms with van der Waals surface area (Å²) in [6, 6.07) is 10.3. The van der Waals surface area contributed by atoms with Crippen molar-refractivity contribution < 1.29 is 27.6 Å². The number of anilines is 1. The third-order valence-corrected chi connectivity index (χ3v) is 4.26. The number of halogens is 1. The first-order chi connectivity index (χ1) is 11.7. The molecule has 0 unspecified atom stereocenters. The molecule has 5 N–H and O–H groups in total. The molecule has 0 aliphatic carbocycles. The van der Waals surface area contributed by atoms with Crippen LogP contribution >= 0.6 is 11.6 Å². The second-order valence-corrected chi connectivity index (χ2v) is 6.84. The number of phenolic OH excluding ortho intramolecular Hbond substituents is 1. The normalized spacial score (nSPS) is 12.4. The van der Waals surface area contributed by atoms with Gasteiger partial charge < -0.3 is 15.6 Å². The lowest BCUT2D eigenvalue weighted by atomic mass is 10.1. The topological polar surface area (TPSA) is 139 Å². The molecule has 10 heteroatoms. The fourth-order valence-corrected chi connectivity index (χ4v) is 2.89. The number of aromatic hydroxyl groups is 1. The summed E-state index contributed by atoms with van der Waals surface area (Å²) in [7, 11) is -4.72. The summed E-state index contributed by atoms with van der Waals surface area (Å²) >= 11 is 5.72. The number of nitrogens with one attached hydrogen (secondary N) is 1. The lowest BCUT2D eigenvalue weighted by Gasteiger charge is -2.14. The van der Waals surface area contributed by atoms with Crippen LogP contribution in [0.5, 0.6) is 5.75 Å². The molecular formula is C15H15ClN2O6S. The van der Waals surface area contributed by atoms with E-state index in [9.17, 15) is 18.3 Å². The molecule has 8 nitrogen and oxygen atoms in total. The van der Waals surface area contributed by atoms with Gasteiger partial charge in [-0.25, -0.2) is 4.79 Å². The van der Waals surface area contributed by atoms with Crippen LogP contribution in [0, 0.1) is 0 Å². The first kappa shape index (κ1) is 19.0. The highest BCUT2D eigenvalue weighted by atomic mass is 35.5. The Kier molecular flexibility index (Phi) is 5.85. The van der Waals surface area contributed by atoms with Crippen LogP contribution in [0.2, 0.25) is 5.02 Å². The Bertz CT molecular complexity index is 873. The van der Waals surface area contributed by atoms with Crippen LogP contribution in [-0.2, 0) is 14.9 Å². The third-order valence-electron chi connectivity index (χ3n) is 3.18. The molecule has 0 aliphatic rings. The van der Waals surface area contributed by atoms with E-state index in [0.29, 0.717) is 0 Å². The summed E-state index contributed by atoms with van der Waals surface area (Å²) in [6.07, 6.45) is -0.981. The summed E-state index contributed by atoms with van der Waals surface area (Å²) in [5.74, 6) is -0.865. The summed E-state index contributed by atoms with van der Waals surface area (Å²) in [4.78, 5) is 11.0. The molecule has 0 heterocycles. The van der Waals surface area contributed by atoms with E-state index in [1.54, 1.807) is 24.3 Å². The highest BCUT2D eigenvalue weighted by molar-refractivity contribution is 7.86. The highest BCUT2D eigenvalue weighted by Crippen LogP contribution is 2.34. The second-order valence-electron chi connectivity index (χ2n) is 5.02. The predicted molar refractivity (Wildman–Crippen MR) is 91.3 cm³/mol. The van der Waals surface area contributed by atoms with E-state index in [-0.39, 0.29) is 17.3 Å². The van der Waals surface area contributed by atoms with Gasteiger partial charge in [0.1, 0.15) is 11.5 Å². The van der Waals surface area contributed by atoms with Crippen LogP contribution in [0.1, 0.15) is 11.6 Å². The molecule has 25 heavy (non-hydrogen) atoms. The maximum absolute atomic E-state index is 11.8. The number of carbonyl (C=O) groups excluding carboxylic acids is 1. The van der Waals surface area contributed by atoms with Crippen molar-refractivity contribution in [2.75, 3.05) is 11.9 Å². The SMILES string of the molecule is N[C@@H](COC(=O)Nc1cc(Cl)cc(S(=O)(=O)O)c1O)c1ccccc1. The van der Waals surface area contributed by atoms with Crippen molar-refractivity contribution >= 4 is 33.5 Å². The zero-order valence-electron chi connectivity index (χ0n) is 12.7. The summed E-state index contributed by atoms with van der Waals surface area (Å²) in [5.41, 5.74) is 6.31. The van der Waals surface area contributed by atoms with E-state index in [1.165, 1.54) is 0 Å². The minimum absolute atomic E-state index is 0.123. The lowest BCUT2D eigenvalue weighted by molar-refractivity contribution is 0.154. The number of ether oxygens (including phenoxy) is 1. The van der Waals surface area contributed by atoms with Crippen molar-refractivity contribution in [3.8, 4) is 5.75 Å². The molecular weight excluding hydrogens is 372 g/mol. The number of hydrogen-bond acceptors (Lipinski definition) is 6. The fourth-order valence-electron chi connectivity index (χ4n) is 1.97. The van der Waals surface area contributed by atoms with Crippen LogP contribution in [0.4, 0.5) is 10.5 Å². The van der Waals surface area contributed by atoms with Crippen molar-refractivity contribution in [2.45, 2.75) is 10.9 Å². The van der Waals surface area contributed by atoms with Gasteiger partial charge >= 0.3 is 6.09 Å². The van der Waals surface area contributed by atoms with Gasteiger partial charge in [-0.2, -0.15) is 8.42 Å². The average molecular weight is 387 g/mol. The van der Waals surface area contributed by atoms with E-state index in [1.807, 2.05) is 6.07 Å². The molecule has 0 bridgehead atoms. The molecule has 134 valence electrons. The van der Waals surface area contributed by atoms with Crippen molar-refractivity contribution in [1.29, 1.82) is 0 Å². The second kappa shape index (κ2) is 7.70. The molecule has 0 aromatic heterocycles. The van der Waals surface area contributed by atoms with E-state index >= 15 is 0 Å². The largest absolute Gasteiger partial charge is 0.504 e. The number of amides is 1. The smallest absolute Gasteiger partial charge is 0.411 e. The molecule has 1 atom stereocenters. The molecule has 0 aliphatic heterocycles. The van der Waals surface area contributed by atoms with Crippen LogP contribution in [0.25, 0.3) is 0 Å². The van der Waals surface area contributed by atoms with Crippen LogP contribution in [-0.4, -0.2) is 30.8 Å².